The number of carboxylic acid groups (broad SMARTS) is 1. The molecule has 2 amide bonds. The Hall–Kier alpha value is -2.05. The number of likely N-dealkylation sites (tertiary alicyclic amines) is 1. The third-order valence-corrected chi connectivity index (χ3v) is 3.48. The second kappa shape index (κ2) is 6.93. The first-order valence-corrected chi connectivity index (χ1v) is 6.79. The van der Waals surface area contributed by atoms with Gasteiger partial charge < -0.3 is 19.8 Å². The normalized spacial score (nSPS) is 18.8. The summed E-state index contributed by atoms with van der Waals surface area (Å²) in [6, 6.07) is 1.57. The fourth-order valence-electron chi connectivity index (χ4n) is 2.42. The van der Waals surface area contributed by atoms with Gasteiger partial charge in [0.05, 0.1) is 6.54 Å². The number of piperidine rings is 1. The van der Waals surface area contributed by atoms with Gasteiger partial charge in [0.2, 0.25) is 0 Å². The highest BCUT2D eigenvalue weighted by Crippen LogP contribution is 2.21. The number of hydrogen-bond acceptors (Lipinski definition) is 4. The summed E-state index contributed by atoms with van der Waals surface area (Å²) in [6.07, 6.45) is 4.16. The summed E-state index contributed by atoms with van der Waals surface area (Å²) >= 11 is 0. The maximum Gasteiger partial charge on any atom is 0.317 e. The number of carboxylic acids is 1. The van der Waals surface area contributed by atoms with Crippen molar-refractivity contribution in [1.29, 1.82) is 0 Å². The highest BCUT2D eigenvalue weighted by Gasteiger charge is 2.23. The minimum Gasteiger partial charge on any atom is -0.481 e. The number of urea groups is 1. The van der Waals surface area contributed by atoms with Gasteiger partial charge in [0.15, 0.2) is 0 Å². The Kier molecular flexibility index (Phi) is 4.97. The molecule has 1 aliphatic heterocycles. The zero-order valence-electron chi connectivity index (χ0n) is 11.2. The Labute approximate surface area is 116 Å². The molecule has 0 aliphatic carbocycles. The summed E-state index contributed by atoms with van der Waals surface area (Å²) in [5, 5.41) is 15.2. The van der Waals surface area contributed by atoms with Crippen LogP contribution in [-0.2, 0) is 11.3 Å². The van der Waals surface area contributed by atoms with Crippen LogP contribution in [0.1, 0.15) is 31.4 Å². The molecule has 1 fully saturated rings. The summed E-state index contributed by atoms with van der Waals surface area (Å²) < 4.78 is 4.69. The van der Waals surface area contributed by atoms with E-state index in [4.69, 9.17) is 9.63 Å². The molecule has 0 radical (unpaired) electrons. The Morgan fingerprint density at radius 3 is 3.10 bits per heavy atom. The molecule has 7 nitrogen and oxygen atoms in total. The molecule has 1 aromatic heterocycles. The number of carbonyl (C=O) groups excluding carboxylic acids is 1. The first-order chi connectivity index (χ1) is 9.65. The maximum atomic E-state index is 12.0. The van der Waals surface area contributed by atoms with Crippen LogP contribution in [-0.4, -0.2) is 40.3 Å². The molecule has 1 saturated heterocycles. The van der Waals surface area contributed by atoms with E-state index in [0.29, 0.717) is 31.7 Å². The van der Waals surface area contributed by atoms with Crippen LogP contribution in [0.2, 0.25) is 0 Å². The topological polar surface area (TPSA) is 95.7 Å². The molecule has 2 heterocycles. The number of nitrogens with one attached hydrogen (secondary N) is 1. The van der Waals surface area contributed by atoms with Gasteiger partial charge >= 0.3 is 12.0 Å². The molecular weight excluding hydrogens is 262 g/mol. The third-order valence-electron chi connectivity index (χ3n) is 3.48. The molecule has 110 valence electrons. The zero-order valence-corrected chi connectivity index (χ0v) is 11.2. The summed E-state index contributed by atoms with van der Waals surface area (Å²) in [5.41, 5.74) is 0.679. The van der Waals surface area contributed by atoms with E-state index in [-0.39, 0.29) is 18.4 Å². The van der Waals surface area contributed by atoms with Crippen molar-refractivity contribution in [1.82, 2.24) is 15.4 Å². The first-order valence-electron chi connectivity index (χ1n) is 6.79. The van der Waals surface area contributed by atoms with Gasteiger partial charge in [-0.05, 0) is 25.2 Å². The van der Waals surface area contributed by atoms with Crippen LogP contribution >= 0.6 is 0 Å². The van der Waals surface area contributed by atoms with E-state index in [9.17, 15) is 9.59 Å². The highest BCUT2D eigenvalue weighted by atomic mass is 16.5. The van der Waals surface area contributed by atoms with Crippen molar-refractivity contribution < 1.29 is 19.2 Å². The Morgan fingerprint density at radius 1 is 1.55 bits per heavy atom. The van der Waals surface area contributed by atoms with Crippen molar-refractivity contribution in [3.63, 3.8) is 0 Å². The van der Waals surface area contributed by atoms with Gasteiger partial charge in [-0.3, -0.25) is 4.79 Å². The molecule has 0 saturated carbocycles. The second-order valence-electron chi connectivity index (χ2n) is 5.04. The van der Waals surface area contributed by atoms with E-state index in [2.05, 4.69) is 10.5 Å². The molecule has 0 bridgehead atoms. The lowest BCUT2D eigenvalue weighted by Gasteiger charge is -2.32. The molecule has 2 rings (SSSR count). The number of carbonyl (C=O) groups is 2. The molecule has 0 spiro atoms. The average Bonchev–Trinajstić information content (AvgIpc) is 2.96. The monoisotopic (exact) mass is 281 g/mol. The quantitative estimate of drug-likeness (QED) is 0.851. The lowest BCUT2D eigenvalue weighted by Crippen LogP contribution is -2.45. The fourth-order valence-corrected chi connectivity index (χ4v) is 2.42. The molecule has 7 heteroatoms. The molecular formula is C13H19N3O4. The Balaban J connectivity index is 1.76. The van der Waals surface area contributed by atoms with Crippen LogP contribution in [0.3, 0.4) is 0 Å². The number of nitrogens with zero attached hydrogens (tertiary/aromatic N) is 2. The van der Waals surface area contributed by atoms with Crippen molar-refractivity contribution in [2.75, 3.05) is 13.1 Å². The number of aliphatic carboxylic acids is 1. The van der Waals surface area contributed by atoms with Crippen molar-refractivity contribution in [3.8, 4) is 0 Å². The lowest BCUT2D eigenvalue weighted by molar-refractivity contribution is -0.137. The van der Waals surface area contributed by atoms with Gasteiger partial charge in [0.25, 0.3) is 0 Å². The number of amides is 2. The van der Waals surface area contributed by atoms with Gasteiger partial charge in [0, 0.05) is 25.6 Å². The van der Waals surface area contributed by atoms with Crippen LogP contribution in [0.4, 0.5) is 4.79 Å². The standard InChI is InChI=1S/C13H19N3O4/c17-12(18)4-3-10-2-1-6-16(9-10)13(19)14-8-11-5-7-20-15-11/h5,7,10H,1-4,6,8-9H2,(H,14,19)(H,17,18). The van der Waals surface area contributed by atoms with Crippen molar-refractivity contribution in [3.05, 3.63) is 18.0 Å². The van der Waals surface area contributed by atoms with Crippen molar-refractivity contribution >= 4 is 12.0 Å². The second-order valence-corrected chi connectivity index (χ2v) is 5.04. The molecule has 0 aromatic carbocycles. The predicted octanol–water partition coefficient (Wildman–Crippen LogP) is 1.46. The minimum atomic E-state index is -0.780. The van der Waals surface area contributed by atoms with Gasteiger partial charge in [-0.15, -0.1) is 0 Å². The third kappa shape index (κ3) is 4.25. The van der Waals surface area contributed by atoms with E-state index < -0.39 is 5.97 Å². The fraction of sp³-hybridized carbons (Fsp3) is 0.615. The largest absolute Gasteiger partial charge is 0.481 e. The van der Waals surface area contributed by atoms with E-state index in [1.807, 2.05) is 0 Å². The Bertz CT molecular complexity index is 446. The van der Waals surface area contributed by atoms with Gasteiger partial charge in [-0.25, -0.2) is 4.79 Å². The number of aromatic nitrogens is 1. The van der Waals surface area contributed by atoms with E-state index in [0.717, 1.165) is 12.8 Å². The van der Waals surface area contributed by atoms with Crippen LogP contribution in [0.25, 0.3) is 0 Å². The summed E-state index contributed by atoms with van der Waals surface area (Å²) in [4.78, 5) is 24.3. The SMILES string of the molecule is O=C(O)CCC1CCCN(C(=O)NCc2ccon2)C1. The van der Waals surface area contributed by atoms with Gasteiger partial charge in [-0.1, -0.05) is 5.16 Å². The average molecular weight is 281 g/mol. The number of hydrogen-bond donors (Lipinski definition) is 2. The maximum absolute atomic E-state index is 12.0. The lowest BCUT2D eigenvalue weighted by atomic mass is 9.93. The van der Waals surface area contributed by atoms with Gasteiger partial charge in [0.1, 0.15) is 12.0 Å². The minimum absolute atomic E-state index is 0.131. The molecule has 2 N–H and O–H groups in total. The van der Waals surface area contributed by atoms with Crippen molar-refractivity contribution in [2.45, 2.75) is 32.2 Å². The summed E-state index contributed by atoms with van der Waals surface area (Å²) in [7, 11) is 0. The van der Waals surface area contributed by atoms with E-state index >= 15 is 0 Å². The van der Waals surface area contributed by atoms with Crippen molar-refractivity contribution in [2.24, 2.45) is 5.92 Å². The highest BCUT2D eigenvalue weighted by molar-refractivity contribution is 5.74. The summed E-state index contributed by atoms with van der Waals surface area (Å²) in [6.45, 7) is 1.68. The van der Waals surface area contributed by atoms with E-state index in [1.165, 1.54) is 6.26 Å². The molecule has 1 unspecified atom stereocenters. The Morgan fingerprint density at radius 2 is 2.40 bits per heavy atom. The smallest absolute Gasteiger partial charge is 0.317 e. The van der Waals surface area contributed by atoms with Crippen LogP contribution in [0, 0.1) is 5.92 Å². The van der Waals surface area contributed by atoms with Crippen LogP contribution < -0.4 is 5.32 Å². The number of rotatable bonds is 5. The van der Waals surface area contributed by atoms with Crippen LogP contribution in [0.5, 0.6) is 0 Å². The molecule has 1 atom stereocenters. The molecule has 1 aromatic rings. The van der Waals surface area contributed by atoms with Gasteiger partial charge in [-0.2, -0.15) is 0 Å². The first kappa shape index (κ1) is 14.4. The molecule has 20 heavy (non-hydrogen) atoms. The van der Waals surface area contributed by atoms with E-state index in [1.54, 1.807) is 11.0 Å². The predicted molar refractivity (Wildman–Crippen MR) is 69.9 cm³/mol. The zero-order chi connectivity index (χ0) is 14.4. The summed E-state index contributed by atoms with van der Waals surface area (Å²) in [5.74, 6) is -0.504. The molecule has 1 aliphatic rings. The van der Waals surface area contributed by atoms with Crippen LogP contribution in [0.15, 0.2) is 16.9 Å².